The average molecular weight is 409 g/mol. The van der Waals surface area contributed by atoms with Crippen molar-refractivity contribution in [1.29, 1.82) is 0 Å². The molecule has 0 saturated carbocycles. The van der Waals surface area contributed by atoms with Crippen molar-refractivity contribution in [3.8, 4) is 0 Å². The molecule has 7 nitrogen and oxygen atoms in total. The van der Waals surface area contributed by atoms with E-state index in [2.05, 4.69) is 4.90 Å². The van der Waals surface area contributed by atoms with Crippen LogP contribution in [0.5, 0.6) is 0 Å². The van der Waals surface area contributed by atoms with E-state index < -0.39 is 4.92 Å². The second-order valence-corrected chi connectivity index (χ2v) is 7.97. The van der Waals surface area contributed by atoms with Gasteiger partial charge in [-0.2, -0.15) is 0 Å². The molecule has 2 aromatic carbocycles. The monoisotopic (exact) mass is 409 g/mol. The van der Waals surface area contributed by atoms with Gasteiger partial charge in [-0.15, -0.1) is 0 Å². The van der Waals surface area contributed by atoms with Crippen LogP contribution in [0.2, 0.25) is 0 Å². The molecule has 2 amide bonds. The molecule has 148 valence electrons. The maximum atomic E-state index is 12.7. The lowest BCUT2D eigenvalue weighted by Crippen LogP contribution is -2.27. The van der Waals surface area contributed by atoms with E-state index in [0.29, 0.717) is 10.5 Å². The van der Waals surface area contributed by atoms with Crippen LogP contribution < -0.4 is 4.90 Å². The second kappa shape index (κ2) is 8.08. The fraction of sp³-hybridized carbons (Fsp3) is 0.238. The van der Waals surface area contributed by atoms with E-state index in [4.69, 9.17) is 0 Å². The van der Waals surface area contributed by atoms with Crippen molar-refractivity contribution in [3.05, 3.63) is 74.7 Å². The van der Waals surface area contributed by atoms with Crippen LogP contribution >= 0.6 is 11.8 Å². The summed E-state index contributed by atoms with van der Waals surface area (Å²) in [6, 6.07) is 13.9. The van der Waals surface area contributed by atoms with E-state index in [1.165, 1.54) is 30.7 Å². The van der Waals surface area contributed by atoms with Gasteiger partial charge in [-0.25, -0.2) is 0 Å². The van der Waals surface area contributed by atoms with Crippen molar-refractivity contribution >= 4 is 40.4 Å². The molecular formula is C21H19N3O4S. The maximum absolute atomic E-state index is 12.7. The molecule has 0 bridgehead atoms. The number of carbonyl (C=O) groups excluding carboxylic acids is 2. The number of imide groups is 1. The highest BCUT2D eigenvalue weighted by Gasteiger charge is 2.35. The van der Waals surface area contributed by atoms with E-state index in [-0.39, 0.29) is 23.4 Å². The van der Waals surface area contributed by atoms with Gasteiger partial charge in [0.1, 0.15) is 0 Å². The SMILES string of the molecule is O=C1S/C(=C/c2ccc(N3CCCC3)cc2)C(=O)N1Cc1cccc([N+](=O)[O-])c1. The Morgan fingerprint density at radius 2 is 1.79 bits per heavy atom. The number of benzene rings is 2. The van der Waals surface area contributed by atoms with Gasteiger partial charge in [0, 0.05) is 30.9 Å². The van der Waals surface area contributed by atoms with E-state index in [9.17, 15) is 19.7 Å². The Kier molecular flexibility index (Phi) is 5.35. The highest BCUT2D eigenvalue weighted by Crippen LogP contribution is 2.34. The van der Waals surface area contributed by atoms with Crippen LogP contribution in [0.3, 0.4) is 0 Å². The lowest BCUT2D eigenvalue weighted by atomic mass is 10.1. The average Bonchev–Trinajstić information content (AvgIpc) is 3.34. The number of non-ortho nitro benzene ring substituents is 1. The topological polar surface area (TPSA) is 83.8 Å². The van der Waals surface area contributed by atoms with Gasteiger partial charge in [-0.1, -0.05) is 24.3 Å². The van der Waals surface area contributed by atoms with Crippen LogP contribution in [-0.2, 0) is 11.3 Å². The highest BCUT2D eigenvalue weighted by atomic mass is 32.2. The van der Waals surface area contributed by atoms with Crippen LogP contribution in [0, 0.1) is 10.1 Å². The third-order valence-electron chi connectivity index (χ3n) is 5.00. The highest BCUT2D eigenvalue weighted by molar-refractivity contribution is 8.18. The molecule has 2 aliphatic rings. The zero-order valence-electron chi connectivity index (χ0n) is 15.6. The molecule has 0 unspecified atom stereocenters. The number of amides is 2. The summed E-state index contributed by atoms with van der Waals surface area (Å²) in [5.41, 5.74) is 2.49. The number of hydrogen-bond acceptors (Lipinski definition) is 6. The van der Waals surface area contributed by atoms with E-state index >= 15 is 0 Å². The molecule has 29 heavy (non-hydrogen) atoms. The largest absolute Gasteiger partial charge is 0.372 e. The Bertz CT molecular complexity index is 997. The predicted octanol–water partition coefficient (Wildman–Crippen LogP) is 4.43. The van der Waals surface area contributed by atoms with Crippen molar-refractivity contribution in [3.63, 3.8) is 0 Å². The van der Waals surface area contributed by atoms with Gasteiger partial charge in [0.25, 0.3) is 16.8 Å². The Balaban J connectivity index is 1.48. The molecule has 0 atom stereocenters. The summed E-state index contributed by atoms with van der Waals surface area (Å²) in [6.07, 6.45) is 4.13. The normalized spacial score (nSPS) is 18.1. The molecular weight excluding hydrogens is 390 g/mol. The molecule has 0 aliphatic carbocycles. The van der Waals surface area contributed by atoms with Gasteiger partial charge in [0.15, 0.2) is 0 Å². The number of hydrogen-bond donors (Lipinski definition) is 0. The number of carbonyl (C=O) groups is 2. The summed E-state index contributed by atoms with van der Waals surface area (Å²) in [5, 5.41) is 10.6. The summed E-state index contributed by atoms with van der Waals surface area (Å²) in [4.78, 5) is 39.2. The van der Waals surface area contributed by atoms with E-state index in [1.54, 1.807) is 18.2 Å². The molecule has 2 aliphatic heterocycles. The van der Waals surface area contributed by atoms with Gasteiger partial charge in [0.2, 0.25) is 0 Å². The van der Waals surface area contributed by atoms with Crippen molar-refractivity contribution < 1.29 is 14.5 Å². The standard InChI is InChI=1S/C21H19N3O4S/c25-20-19(13-15-6-8-17(9-7-15)22-10-1-2-11-22)29-21(26)23(20)14-16-4-3-5-18(12-16)24(27)28/h3-9,12-13H,1-2,10-11,14H2/b19-13+. The fourth-order valence-corrected chi connectivity index (χ4v) is 4.33. The zero-order valence-corrected chi connectivity index (χ0v) is 16.4. The van der Waals surface area contributed by atoms with E-state index in [0.717, 1.165) is 35.3 Å². The predicted molar refractivity (Wildman–Crippen MR) is 112 cm³/mol. The first-order valence-corrected chi connectivity index (χ1v) is 10.2. The molecule has 0 spiro atoms. The molecule has 4 rings (SSSR count). The lowest BCUT2D eigenvalue weighted by molar-refractivity contribution is -0.384. The van der Waals surface area contributed by atoms with E-state index in [1.807, 2.05) is 24.3 Å². The Morgan fingerprint density at radius 3 is 2.48 bits per heavy atom. The summed E-state index contributed by atoms with van der Waals surface area (Å²) in [6.45, 7) is 2.14. The minimum atomic E-state index is -0.497. The maximum Gasteiger partial charge on any atom is 0.293 e. The Labute approximate surface area is 172 Å². The molecule has 2 fully saturated rings. The molecule has 2 aromatic rings. The first-order valence-electron chi connectivity index (χ1n) is 9.35. The molecule has 2 heterocycles. The summed E-state index contributed by atoms with van der Waals surface area (Å²) in [7, 11) is 0. The zero-order chi connectivity index (χ0) is 20.4. The molecule has 2 saturated heterocycles. The quantitative estimate of drug-likeness (QED) is 0.413. The summed E-state index contributed by atoms with van der Waals surface area (Å²) >= 11 is 0.890. The van der Waals surface area contributed by atoms with Crippen molar-refractivity contribution in [2.45, 2.75) is 19.4 Å². The third kappa shape index (κ3) is 4.17. The van der Waals surface area contributed by atoms with Gasteiger partial charge in [0.05, 0.1) is 16.4 Å². The van der Waals surface area contributed by atoms with Gasteiger partial charge in [-0.05, 0) is 53.9 Å². The fourth-order valence-electron chi connectivity index (χ4n) is 3.50. The van der Waals surface area contributed by atoms with Crippen LogP contribution in [0.4, 0.5) is 16.2 Å². The number of rotatable bonds is 5. The number of anilines is 1. The minimum Gasteiger partial charge on any atom is -0.372 e. The van der Waals surface area contributed by atoms with Crippen LogP contribution in [-0.4, -0.2) is 34.1 Å². The van der Waals surface area contributed by atoms with Gasteiger partial charge >= 0.3 is 0 Å². The van der Waals surface area contributed by atoms with Crippen molar-refractivity contribution in [2.75, 3.05) is 18.0 Å². The summed E-state index contributed by atoms with van der Waals surface area (Å²) in [5.74, 6) is -0.380. The summed E-state index contributed by atoms with van der Waals surface area (Å²) < 4.78 is 0. The number of nitrogens with zero attached hydrogens (tertiary/aromatic N) is 3. The van der Waals surface area contributed by atoms with Crippen molar-refractivity contribution in [1.82, 2.24) is 4.90 Å². The smallest absolute Gasteiger partial charge is 0.293 e. The van der Waals surface area contributed by atoms with Gasteiger partial charge < -0.3 is 4.90 Å². The van der Waals surface area contributed by atoms with Crippen molar-refractivity contribution in [2.24, 2.45) is 0 Å². The first kappa shape index (κ1) is 19.2. The molecule has 0 aromatic heterocycles. The van der Waals surface area contributed by atoms with Crippen LogP contribution in [0.1, 0.15) is 24.0 Å². The first-order chi connectivity index (χ1) is 14.0. The number of nitro benzene ring substituents is 1. The second-order valence-electron chi connectivity index (χ2n) is 6.98. The van der Waals surface area contributed by atoms with Gasteiger partial charge in [-0.3, -0.25) is 24.6 Å². The number of nitro groups is 1. The van der Waals surface area contributed by atoms with Crippen LogP contribution in [0.25, 0.3) is 6.08 Å². The molecule has 8 heteroatoms. The minimum absolute atomic E-state index is 0.0115. The Hall–Kier alpha value is -3.13. The number of thioether (sulfide) groups is 1. The third-order valence-corrected chi connectivity index (χ3v) is 5.91. The molecule has 0 N–H and O–H groups in total. The Morgan fingerprint density at radius 1 is 1.07 bits per heavy atom. The van der Waals surface area contributed by atoms with Crippen LogP contribution in [0.15, 0.2) is 53.4 Å². The molecule has 0 radical (unpaired) electrons. The lowest BCUT2D eigenvalue weighted by Gasteiger charge is -2.17.